The first kappa shape index (κ1) is 13.5. The van der Waals surface area contributed by atoms with Crippen LogP contribution in [-0.4, -0.2) is 31.3 Å². The first-order valence-electron chi connectivity index (χ1n) is 6.12. The Balaban J connectivity index is 2.03. The smallest absolute Gasteiger partial charge is 0.350 e. The molecule has 1 saturated heterocycles. The summed E-state index contributed by atoms with van der Waals surface area (Å²) in [6.07, 6.45) is 0.933. The van der Waals surface area contributed by atoms with Gasteiger partial charge in [-0.1, -0.05) is 30.3 Å². The molecule has 1 aliphatic rings. The molecular weight excluding hydrogens is 248 g/mol. The zero-order valence-corrected chi connectivity index (χ0v) is 10.8. The van der Waals surface area contributed by atoms with Crippen LogP contribution in [-0.2, 0) is 30.4 Å². The van der Waals surface area contributed by atoms with Crippen LogP contribution in [0, 0.1) is 0 Å². The highest BCUT2D eigenvalue weighted by Gasteiger charge is 2.52. The summed E-state index contributed by atoms with van der Waals surface area (Å²) >= 11 is 0. The first-order valence-corrected chi connectivity index (χ1v) is 6.12. The van der Waals surface area contributed by atoms with Crippen molar-refractivity contribution in [3.8, 4) is 0 Å². The normalized spacial score (nSPS) is 21.9. The van der Waals surface area contributed by atoms with Gasteiger partial charge in [0.2, 0.25) is 0 Å². The molecule has 0 aromatic heterocycles. The Hall–Kier alpha value is -1.88. The molecule has 102 valence electrons. The van der Waals surface area contributed by atoms with Crippen LogP contribution < -0.4 is 0 Å². The Morgan fingerprint density at radius 1 is 1.26 bits per heavy atom. The number of methoxy groups -OCH3 is 1. The average molecular weight is 264 g/mol. The summed E-state index contributed by atoms with van der Waals surface area (Å²) in [6, 6.07) is 9.26. The van der Waals surface area contributed by atoms with Gasteiger partial charge in [-0.25, -0.2) is 9.59 Å². The second-order valence-corrected chi connectivity index (χ2v) is 4.33. The zero-order chi connectivity index (χ0) is 13.7. The topological polar surface area (TPSA) is 61.8 Å². The van der Waals surface area contributed by atoms with E-state index in [-0.39, 0.29) is 6.61 Å². The standard InChI is InChI=1S/C14H16O5/c1-17-12(15)14(8-5-9-19-14)13(16)18-10-11-6-3-2-4-7-11/h2-4,6-7H,5,8-10H2,1H3. The Kier molecular flexibility index (Phi) is 4.16. The number of rotatable bonds is 4. The third-order valence-electron chi connectivity index (χ3n) is 3.08. The molecule has 1 aromatic carbocycles. The lowest BCUT2D eigenvalue weighted by Gasteiger charge is -2.22. The van der Waals surface area contributed by atoms with Crippen molar-refractivity contribution in [2.75, 3.05) is 13.7 Å². The minimum absolute atomic E-state index is 0.113. The Labute approximate surface area is 111 Å². The van der Waals surface area contributed by atoms with E-state index in [9.17, 15) is 9.59 Å². The Morgan fingerprint density at radius 3 is 2.58 bits per heavy atom. The molecule has 0 saturated carbocycles. The van der Waals surface area contributed by atoms with Crippen molar-refractivity contribution in [2.24, 2.45) is 0 Å². The third kappa shape index (κ3) is 2.76. The van der Waals surface area contributed by atoms with Gasteiger partial charge in [0.05, 0.1) is 7.11 Å². The maximum Gasteiger partial charge on any atom is 0.350 e. The summed E-state index contributed by atoms with van der Waals surface area (Å²) in [6.45, 7) is 0.470. The largest absolute Gasteiger partial charge is 0.466 e. The number of benzene rings is 1. The van der Waals surface area contributed by atoms with Gasteiger partial charge in [0.15, 0.2) is 0 Å². The van der Waals surface area contributed by atoms with Crippen molar-refractivity contribution in [1.82, 2.24) is 0 Å². The molecule has 1 fully saturated rings. The molecule has 1 aromatic rings. The highest BCUT2D eigenvalue weighted by Crippen LogP contribution is 2.29. The van der Waals surface area contributed by atoms with Crippen LogP contribution in [0.4, 0.5) is 0 Å². The van der Waals surface area contributed by atoms with E-state index in [0.717, 1.165) is 5.56 Å². The van der Waals surface area contributed by atoms with Gasteiger partial charge in [0.1, 0.15) is 6.61 Å². The lowest BCUT2D eigenvalue weighted by molar-refractivity contribution is -0.184. The van der Waals surface area contributed by atoms with Gasteiger partial charge >= 0.3 is 11.9 Å². The summed E-state index contributed by atoms with van der Waals surface area (Å²) < 4.78 is 15.1. The third-order valence-corrected chi connectivity index (χ3v) is 3.08. The number of ether oxygens (including phenoxy) is 3. The molecule has 0 radical (unpaired) electrons. The van der Waals surface area contributed by atoms with E-state index in [1.807, 2.05) is 30.3 Å². The van der Waals surface area contributed by atoms with Crippen LogP contribution in [0.1, 0.15) is 18.4 Å². The monoisotopic (exact) mass is 264 g/mol. The molecule has 2 rings (SSSR count). The fourth-order valence-corrected chi connectivity index (χ4v) is 2.05. The Morgan fingerprint density at radius 2 is 2.00 bits per heavy atom. The van der Waals surface area contributed by atoms with Crippen molar-refractivity contribution >= 4 is 11.9 Å². The van der Waals surface area contributed by atoms with E-state index in [1.165, 1.54) is 7.11 Å². The second-order valence-electron chi connectivity index (χ2n) is 4.33. The minimum Gasteiger partial charge on any atom is -0.466 e. The van der Waals surface area contributed by atoms with Crippen LogP contribution in [0.5, 0.6) is 0 Å². The van der Waals surface area contributed by atoms with E-state index in [0.29, 0.717) is 19.4 Å². The van der Waals surface area contributed by atoms with Crippen molar-refractivity contribution in [3.05, 3.63) is 35.9 Å². The molecule has 0 aliphatic carbocycles. The highest BCUT2D eigenvalue weighted by molar-refractivity contribution is 6.03. The quantitative estimate of drug-likeness (QED) is 0.608. The summed E-state index contributed by atoms with van der Waals surface area (Å²) in [5, 5.41) is 0. The molecular formula is C14H16O5. The van der Waals surface area contributed by atoms with Crippen molar-refractivity contribution in [1.29, 1.82) is 0 Å². The molecule has 5 nitrogen and oxygen atoms in total. The van der Waals surface area contributed by atoms with E-state index in [2.05, 4.69) is 4.74 Å². The van der Waals surface area contributed by atoms with Crippen LogP contribution >= 0.6 is 0 Å². The molecule has 1 atom stereocenters. The van der Waals surface area contributed by atoms with Crippen LogP contribution in [0.2, 0.25) is 0 Å². The van der Waals surface area contributed by atoms with Crippen molar-refractivity contribution < 1.29 is 23.8 Å². The summed E-state index contributed by atoms with van der Waals surface area (Å²) in [4.78, 5) is 23.8. The van der Waals surface area contributed by atoms with Gasteiger partial charge in [-0.05, 0) is 12.0 Å². The molecule has 1 heterocycles. The SMILES string of the molecule is COC(=O)C1(C(=O)OCc2ccccc2)CCCO1. The second kappa shape index (κ2) is 5.84. The van der Waals surface area contributed by atoms with Gasteiger partial charge < -0.3 is 14.2 Å². The Bertz CT molecular complexity index is 448. The van der Waals surface area contributed by atoms with Gasteiger partial charge in [0, 0.05) is 13.0 Å². The van der Waals surface area contributed by atoms with Crippen molar-refractivity contribution in [3.63, 3.8) is 0 Å². The molecule has 0 amide bonds. The molecule has 5 heteroatoms. The van der Waals surface area contributed by atoms with Gasteiger partial charge in [0.25, 0.3) is 5.60 Å². The van der Waals surface area contributed by atoms with E-state index < -0.39 is 17.5 Å². The number of carbonyl (C=O) groups is 2. The zero-order valence-electron chi connectivity index (χ0n) is 10.8. The van der Waals surface area contributed by atoms with Crippen molar-refractivity contribution in [2.45, 2.75) is 25.0 Å². The maximum atomic E-state index is 12.1. The maximum absolute atomic E-state index is 12.1. The van der Waals surface area contributed by atoms with E-state index in [1.54, 1.807) is 0 Å². The average Bonchev–Trinajstić information content (AvgIpc) is 2.96. The van der Waals surface area contributed by atoms with Gasteiger partial charge in [-0.15, -0.1) is 0 Å². The predicted molar refractivity (Wildman–Crippen MR) is 66.2 cm³/mol. The van der Waals surface area contributed by atoms with E-state index >= 15 is 0 Å². The van der Waals surface area contributed by atoms with Crippen LogP contribution in [0.3, 0.4) is 0 Å². The molecule has 0 spiro atoms. The number of carbonyl (C=O) groups excluding carboxylic acids is 2. The lowest BCUT2D eigenvalue weighted by Crippen LogP contribution is -2.47. The number of esters is 2. The van der Waals surface area contributed by atoms with Crippen LogP contribution in [0.15, 0.2) is 30.3 Å². The lowest BCUT2D eigenvalue weighted by atomic mass is 10.0. The molecule has 19 heavy (non-hydrogen) atoms. The number of hydrogen-bond acceptors (Lipinski definition) is 5. The van der Waals surface area contributed by atoms with Gasteiger partial charge in [-0.2, -0.15) is 0 Å². The van der Waals surface area contributed by atoms with Gasteiger partial charge in [-0.3, -0.25) is 0 Å². The highest BCUT2D eigenvalue weighted by atomic mass is 16.6. The summed E-state index contributed by atoms with van der Waals surface area (Å²) in [5.41, 5.74) is -0.724. The van der Waals surface area contributed by atoms with Crippen LogP contribution in [0.25, 0.3) is 0 Å². The fraction of sp³-hybridized carbons (Fsp3) is 0.429. The fourth-order valence-electron chi connectivity index (χ4n) is 2.05. The number of hydrogen-bond donors (Lipinski definition) is 0. The molecule has 0 bridgehead atoms. The minimum atomic E-state index is -1.58. The summed E-state index contributed by atoms with van der Waals surface area (Å²) in [5.74, 6) is -1.37. The molecule has 0 N–H and O–H groups in total. The summed E-state index contributed by atoms with van der Waals surface area (Å²) in [7, 11) is 1.23. The van der Waals surface area contributed by atoms with E-state index in [4.69, 9.17) is 9.47 Å². The first-order chi connectivity index (χ1) is 9.19. The molecule has 1 aliphatic heterocycles. The predicted octanol–water partition coefficient (Wildman–Crippen LogP) is 1.45. The molecule has 1 unspecified atom stereocenters.